The SMILES string of the molecule is CC1Cc2ccccc2N1C(=O)c1ccc(Cl)c(S(=O)(=O)N2CCCCCC2)c1. The molecule has 0 N–H and O–H groups in total. The maximum atomic E-state index is 13.3. The Morgan fingerprint density at radius 1 is 1.03 bits per heavy atom. The van der Waals surface area contributed by atoms with Gasteiger partial charge in [-0.2, -0.15) is 4.31 Å². The fourth-order valence-corrected chi connectivity index (χ4v) is 6.29. The minimum Gasteiger partial charge on any atom is -0.305 e. The summed E-state index contributed by atoms with van der Waals surface area (Å²) in [7, 11) is -3.74. The third-order valence-electron chi connectivity index (χ3n) is 5.79. The lowest BCUT2D eigenvalue weighted by Gasteiger charge is -2.24. The van der Waals surface area contributed by atoms with E-state index < -0.39 is 10.0 Å². The molecule has 2 heterocycles. The molecule has 29 heavy (non-hydrogen) atoms. The highest BCUT2D eigenvalue weighted by Gasteiger charge is 2.33. The van der Waals surface area contributed by atoms with Crippen LogP contribution in [0.25, 0.3) is 0 Å². The molecule has 0 radical (unpaired) electrons. The Hall–Kier alpha value is -1.89. The highest BCUT2D eigenvalue weighted by atomic mass is 35.5. The number of hydrogen-bond acceptors (Lipinski definition) is 3. The molecular weight excluding hydrogens is 408 g/mol. The van der Waals surface area contributed by atoms with E-state index in [2.05, 4.69) is 0 Å². The topological polar surface area (TPSA) is 57.7 Å². The Balaban J connectivity index is 1.69. The van der Waals surface area contributed by atoms with Crippen molar-refractivity contribution < 1.29 is 13.2 Å². The predicted octanol–water partition coefficient (Wildman–Crippen LogP) is 4.50. The number of sulfonamides is 1. The molecule has 1 atom stereocenters. The molecule has 5 nitrogen and oxygen atoms in total. The summed E-state index contributed by atoms with van der Waals surface area (Å²) in [6, 6.07) is 12.4. The van der Waals surface area contributed by atoms with Crippen molar-refractivity contribution in [1.29, 1.82) is 0 Å². The first-order valence-electron chi connectivity index (χ1n) is 10.1. The smallest absolute Gasteiger partial charge is 0.258 e. The fourth-order valence-electron chi connectivity index (χ4n) is 4.27. The Labute approximate surface area is 177 Å². The number of anilines is 1. The molecule has 1 saturated heterocycles. The zero-order valence-corrected chi connectivity index (χ0v) is 18.0. The summed E-state index contributed by atoms with van der Waals surface area (Å²) < 4.78 is 28.0. The summed E-state index contributed by atoms with van der Waals surface area (Å²) in [4.78, 5) is 15.1. The molecule has 154 valence electrons. The van der Waals surface area contributed by atoms with E-state index in [9.17, 15) is 13.2 Å². The van der Waals surface area contributed by atoms with E-state index in [1.54, 1.807) is 11.0 Å². The average Bonchev–Trinajstić information content (AvgIpc) is 2.86. The zero-order valence-electron chi connectivity index (χ0n) is 16.5. The van der Waals surface area contributed by atoms with Gasteiger partial charge in [-0.25, -0.2) is 8.42 Å². The number of benzene rings is 2. The molecule has 0 aromatic heterocycles. The van der Waals surface area contributed by atoms with E-state index in [0.717, 1.165) is 43.4 Å². The predicted molar refractivity (Wildman–Crippen MR) is 115 cm³/mol. The summed E-state index contributed by atoms with van der Waals surface area (Å²) in [5, 5.41) is 0.153. The number of hydrogen-bond donors (Lipinski definition) is 0. The van der Waals surface area contributed by atoms with Gasteiger partial charge >= 0.3 is 0 Å². The molecule has 2 aromatic carbocycles. The number of amides is 1. The Bertz CT molecular complexity index is 1030. The van der Waals surface area contributed by atoms with Crippen molar-refractivity contribution in [2.24, 2.45) is 0 Å². The Morgan fingerprint density at radius 3 is 2.45 bits per heavy atom. The van der Waals surface area contributed by atoms with Gasteiger partial charge in [0, 0.05) is 30.4 Å². The number of para-hydroxylation sites is 1. The van der Waals surface area contributed by atoms with Crippen molar-refractivity contribution in [1.82, 2.24) is 4.31 Å². The van der Waals surface area contributed by atoms with E-state index in [0.29, 0.717) is 18.7 Å². The number of carbonyl (C=O) groups is 1. The van der Waals surface area contributed by atoms with E-state index in [1.165, 1.54) is 16.4 Å². The lowest BCUT2D eigenvalue weighted by Crippen LogP contribution is -2.36. The number of carbonyl (C=O) groups excluding carboxylic acids is 1. The van der Waals surface area contributed by atoms with Crippen LogP contribution < -0.4 is 4.90 Å². The monoisotopic (exact) mass is 432 g/mol. The van der Waals surface area contributed by atoms with Gasteiger partial charge in [0.2, 0.25) is 10.0 Å². The van der Waals surface area contributed by atoms with Crippen LogP contribution in [0.2, 0.25) is 5.02 Å². The quantitative estimate of drug-likeness (QED) is 0.717. The summed E-state index contributed by atoms with van der Waals surface area (Å²) >= 11 is 6.28. The molecule has 0 aliphatic carbocycles. The van der Waals surface area contributed by atoms with Crippen LogP contribution in [0.1, 0.15) is 48.5 Å². The third-order valence-corrected chi connectivity index (χ3v) is 8.17. The lowest BCUT2D eigenvalue weighted by molar-refractivity contribution is 0.0981. The van der Waals surface area contributed by atoms with Gasteiger partial charge in [0.25, 0.3) is 5.91 Å². The molecule has 1 unspecified atom stereocenters. The Kier molecular flexibility index (Phi) is 5.69. The zero-order chi connectivity index (χ0) is 20.6. The standard InChI is InChI=1S/C22H25ClN2O3S/c1-16-14-17-8-4-5-9-20(17)25(16)22(26)18-10-11-19(23)21(15-18)29(27,28)24-12-6-2-3-7-13-24/h4-5,8-11,15-16H,2-3,6-7,12-14H2,1H3. The summed E-state index contributed by atoms with van der Waals surface area (Å²) in [5.74, 6) is -0.202. The molecule has 0 saturated carbocycles. The van der Waals surface area contributed by atoms with Gasteiger partial charge in [-0.1, -0.05) is 42.6 Å². The molecule has 1 amide bonds. The number of rotatable bonds is 3. The fraction of sp³-hybridized carbons (Fsp3) is 0.409. The molecule has 4 rings (SSSR count). The van der Waals surface area contributed by atoms with E-state index in [1.807, 2.05) is 31.2 Å². The number of nitrogens with zero attached hydrogens (tertiary/aromatic N) is 2. The second kappa shape index (κ2) is 8.09. The van der Waals surface area contributed by atoms with E-state index in [4.69, 9.17) is 11.6 Å². The van der Waals surface area contributed by atoms with Crippen molar-refractivity contribution in [3.05, 3.63) is 58.6 Å². The molecule has 0 spiro atoms. The lowest BCUT2D eigenvalue weighted by atomic mass is 10.1. The van der Waals surface area contributed by atoms with Crippen LogP contribution in [0.5, 0.6) is 0 Å². The second-order valence-corrected chi connectivity index (χ2v) is 10.1. The van der Waals surface area contributed by atoms with Gasteiger partial charge in [-0.3, -0.25) is 4.79 Å². The molecule has 2 aromatic rings. The van der Waals surface area contributed by atoms with Crippen LogP contribution in [-0.4, -0.2) is 37.8 Å². The maximum Gasteiger partial charge on any atom is 0.258 e. The molecule has 7 heteroatoms. The van der Waals surface area contributed by atoms with E-state index in [-0.39, 0.29) is 21.9 Å². The van der Waals surface area contributed by atoms with Gasteiger partial charge in [0.1, 0.15) is 4.90 Å². The normalized spacial score (nSPS) is 20.3. The molecule has 0 bridgehead atoms. The van der Waals surface area contributed by atoms with Crippen molar-refractivity contribution in [2.45, 2.75) is 50.0 Å². The van der Waals surface area contributed by atoms with Crippen LogP contribution in [-0.2, 0) is 16.4 Å². The first kappa shape index (κ1) is 20.4. The van der Waals surface area contributed by atoms with Crippen molar-refractivity contribution >= 4 is 33.2 Å². The summed E-state index contributed by atoms with van der Waals surface area (Å²) in [5.41, 5.74) is 2.35. The molecular formula is C22H25ClN2O3S. The number of fused-ring (bicyclic) bond motifs is 1. The van der Waals surface area contributed by atoms with Gasteiger partial charge in [0.15, 0.2) is 0 Å². The van der Waals surface area contributed by atoms with Crippen LogP contribution >= 0.6 is 11.6 Å². The van der Waals surface area contributed by atoms with Crippen LogP contribution in [0.4, 0.5) is 5.69 Å². The van der Waals surface area contributed by atoms with Gasteiger partial charge < -0.3 is 4.90 Å². The summed E-state index contributed by atoms with van der Waals surface area (Å²) in [6.45, 7) is 2.99. The third kappa shape index (κ3) is 3.81. The van der Waals surface area contributed by atoms with Gasteiger partial charge in [-0.05, 0) is 56.0 Å². The van der Waals surface area contributed by atoms with Crippen LogP contribution in [0.15, 0.2) is 47.4 Å². The first-order valence-corrected chi connectivity index (χ1v) is 11.9. The minimum absolute atomic E-state index is 0.0150. The first-order chi connectivity index (χ1) is 13.9. The maximum absolute atomic E-state index is 13.3. The highest BCUT2D eigenvalue weighted by molar-refractivity contribution is 7.89. The average molecular weight is 433 g/mol. The summed E-state index contributed by atoms with van der Waals surface area (Å²) in [6.07, 6.45) is 4.54. The molecule has 1 fully saturated rings. The van der Waals surface area contributed by atoms with Crippen molar-refractivity contribution in [2.75, 3.05) is 18.0 Å². The van der Waals surface area contributed by atoms with E-state index >= 15 is 0 Å². The van der Waals surface area contributed by atoms with Crippen LogP contribution in [0, 0.1) is 0 Å². The largest absolute Gasteiger partial charge is 0.305 e. The van der Waals surface area contributed by atoms with Crippen LogP contribution in [0.3, 0.4) is 0 Å². The van der Waals surface area contributed by atoms with Crippen molar-refractivity contribution in [3.63, 3.8) is 0 Å². The van der Waals surface area contributed by atoms with Gasteiger partial charge in [-0.15, -0.1) is 0 Å². The molecule has 2 aliphatic rings. The van der Waals surface area contributed by atoms with Crippen molar-refractivity contribution in [3.8, 4) is 0 Å². The second-order valence-electron chi connectivity index (χ2n) is 7.82. The highest BCUT2D eigenvalue weighted by Crippen LogP contribution is 2.34. The Morgan fingerprint density at radius 2 is 1.72 bits per heavy atom. The van der Waals surface area contributed by atoms with Gasteiger partial charge in [0.05, 0.1) is 5.02 Å². The molecule has 2 aliphatic heterocycles. The number of halogens is 1. The minimum atomic E-state index is -3.74.